The molecule has 0 aliphatic carbocycles. The van der Waals surface area contributed by atoms with Crippen LogP contribution in [0.5, 0.6) is 0 Å². The number of H-pyrrole nitrogens is 1. The Labute approximate surface area is 189 Å². The molecule has 0 bridgehead atoms. The van der Waals surface area contributed by atoms with Gasteiger partial charge in [0.25, 0.3) is 11.5 Å². The number of nitrogen functional groups attached to an aromatic ring is 1. The summed E-state index contributed by atoms with van der Waals surface area (Å²) in [6, 6.07) is 10.0. The minimum Gasteiger partial charge on any atom is -0.399 e. The van der Waals surface area contributed by atoms with E-state index in [-0.39, 0.29) is 11.4 Å². The molecule has 1 atom stereocenters. The van der Waals surface area contributed by atoms with Crippen molar-refractivity contribution in [2.75, 3.05) is 11.1 Å². The number of benzene rings is 2. The first kappa shape index (κ1) is 23.3. The summed E-state index contributed by atoms with van der Waals surface area (Å²) >= 11 is 0. The Balaban J connectivity index is 2.01. The summed E-state index contributed by atoms with van der Waals surface area (Å²) < 4.78 is 71.2. The molecule has 5 N–H and O–H groups in total. The van der Waals surface area contributed by atoms with Crippen LogP contribution in [0.4, 0.5) is 24.7 Å². The Hall–Kier alpha value is -3.91. The number of hydrogen-bond donors (Lipinski definition) is 4. The third kappa shape index (κ3) is 3.47. The summed E-state index contributed by atoms with van der Waals surface area (Å²) in [4.78, 5) is 39.1. The van der Waals surface area contributed by atoms with Gasteiger partial charge in [-0.3, -0.25) is 14.6 Å². The van der Waals surface area contributed by atoms with E-state index < -0.39 is 55.2 Å². The third-order valence-electron chi connectivity index (χ3n) is 5.25. The van der Waals surface area contributed by atoms with Gasteiger partial charge in [-0.2, -0.15) is 17.9 Å². The predicted octanol–water partition coefficient (Wildman–Crippen LogP) is 1.10. The Morgan fingerprint density at radius 2 is 1.59 bits per heavy atom. The number of nitrogens with two attached hydrogens (primary N) is 1. The second-order valence-corrected chi connectivity index (χ2v) is 9.21. The topological polar surface area (TPSA) is 156 Å². The van der Waals surface area contributed by atoms with Crippen molar-refractivity contribution in [3.63, 3.8) is 0 Å². The lowest BCUT2D eigenvalue weighted by Gasteiger charge is -2.29. The number of halogens is 3. The van der Waals surface area contributed by atoms with E-state index in [0.717, 1.165) is 29.8 Å². The summed E-state index contributed by atoms with van der Waals surface area (Å²) in [5, 5.41) is 1.88. The van der Waals surface area contributed by atoms with E-state index in [4.69, 9.17) is 5.73 Å². The second kappa shape index (κ2) is 7.56. The molecule has 0 saturated heterocycles. The lowest BCUT2D eigenvalue weighted by molar-refractivity contribution is -0.194. The van der Waals surface area contributed by atoms with E-state index in [1.807, 2.05) is 5.32 Å². The molecule has 0 fully saturated rings. The van der Waals surface area contributed by atoms with Gasteiger partial charge in [0.2, 0.25) is 15.6 Å². The molecule has 10 nitrogen and oxygen atoms in total. The van der Waals surface area contributed by atoms with Crippen LogP contribution in [0.3, 0.4) is 0 Å². The fraction of sp³-hybridized carbons (Fsp3) is 0.150. The zero-order chi connectivity index (χ0) is 25.1. The Morgan fingerprint density at radius 1 is 1.00 bits per heavy atom. The zero-order valence-corrected chi connectivity index (χ0v) is 18.0. The third-order valence-corrected chi connectivity index (χ3v) is 6.72. The van der Waals surface area contributed by atoms with E-state index >= 15 is 0 Å². The van der Waals surface area contributed by atoms with E-state index in [1.54, 1.807) is 24.0 Å². The molecular formula is C20H16F3N5O5S. The number of hydrogen-bond acceptors (Lipinski definition) is 6. The van der Waals surface area contributed by atoms with Crippen LogP contribution in [0.15, 0.2) is 63.0 Å². The lowest BCUT2D eigenvalue weighted by atomic mass is 9.93. The number of sulfonamides is 1. The maximum absolute atomic E-state index is 14.5. The van der Waals surface area contributed by atoms with Crippen molar-refractivity contribution < 1.29 is 26.4 Å². The quantitative estimate of drug-likeness (QED) is 0.397. The van der Waals surface area contributed by atoms with Crippen LogP contribution < -0.4 is 27.0 Å². The molecular weight excluding hydrogens is 479 g/mol. The highest BCUT2D eigenvalue weighted by Gasteiger charge is 2.69. The molecule has 178 valence electrons. The van der Waals surface area contributed by atoms with Gasteiger partial charge in [0, 0.05) is 5.69 Å². The monoisotopic (exact) mass is 495 g/mol. The van der Waals surface area contributed by atoms with Gasteiger partial charge in [0.05, 0.1) is 16.1 Å². The highest BCUT2D eigenvalue weighted by Crippen LogP contribution is 2.46. The molecule has 1 aliphatic heterocycles. The number of nitrogens with one attached hydrogen (secondary N) is 3. The van der Waals surface area contributed by atoms with Crippen LogP contribution in [0.1, 0.15) is 11.1 Å². The van der Waals surface area contributed by atoms with Crippen LogP contribution in [0.25, 0.3) is 5.69 Å². The number of amides is 1. The Kier molecular flexibility index (Phi) is 5.17. The number of anilines is 2. The smallest absolute Gasteiger partial charge is 0.399 e. The molecule has 1 unspecified atom stereocenters. The Bertz CT molecular complexity index is 1530. The van der Waals surface area contributed by atoms with E-state index in [9.17, 15) is 36.0 Å². The first-order valence-electron chi connectivity index (χ1n) is 9.52. The highest BCUT2D eigenvalue weighted by atomic mass is 32.2. The largest absolute Gasteiger partial charge is 0.421 e. The molecule has 2 heterocycles. The first-order valence-corrected chi connectivity index (χ1v) is 11.0. The molecule has 0 spiro atoms. The average Bonchev–Trinajstić information content (AvgIpc) is 3.02. The van der Waals surface area contributed by atoms with Gasteiger partial charge in [0.1, 0.15) is 5.82 Å². The molecule has 3 aromatic rings. The van der Waals surface area contributed by atoms with E-state index in [2.05, 4.69) is 0 Å². The van der Waals surface area contributed by atoms with Gasteiger partial charge in [0.15, 0.2) is 0 Å². The van der Waals surface area contributed by atoms with E-state index in [0.29, 0.717) is 4.57 Å². The lowest BCUT2D eigenvalue weighted by Crippen LogP contribution is -2.61. The highest BCUT2D eigenvalue weighted by molar-refractivity contribution is 7.89. The molecule has 1 amide bonds. The Morgan fingerprint density at radius 3 is 2.15 bits per heavy atom. The number of aromatic amines is 1. The van der Waals surface area contributed by atoms with Crippen molar-refractivity contribution in [3.8, 4) is 5.69 Å². The van der Waals surface area contributed by atoms with Gasteiger partial charge in [-0.25, -0.2) is 17.8 Å². The van der Waals surface area contributed by atoms with Crippen LogP contribution in [0, 0.1) is 6.92 Å². The molecule has 0 saturated carbocycles. The second-order valence-electron chi connectivity index (χ2n) is 7.53. The minimum absolute atomic E-state index is 0.0303. The fourth-order valence-electron chi connectivity index (χ4n) is 3.59. The standard InChI is InChI=1S/C20H16F3N5O5S/c1-10-2-6-12(7-3-10)28-15-14(16(29)26-18(28)31)19(17(30)25-15,20(21,22)23)27-34(32,33)13-8-4-11(24)5-9-13/h2-9,27H,24H2,1H3,(H,25,30)(H,26,29,31). The number of nitrogens with zero attached hydrogens (tertiary/aromatic N) is 1. The number of aromatic nitrogens is 2. The van der Waals surface area contributed by atoms with Crippen LogP contribution in [-0.2, 0) is 20.4 Å². The molecule has 2 aromatic carbocycles. The summed E-state index contributed by atoms with van der Waals surface area (Å²) in [5.74, 6) is -2.70. The predicted molar refractivity (Wildman–Crippen MR) is 115 cm³/mol. The summed E-state index contributed by atoms with van der Waals surface area (Å²) in [7, 11) is -5.01. The number of alkyl halides is 3. The maximum atomic E-state index is 14.5. The normalized spacial score (nSPS) is 17.9. The van der Waals surface area contributed by atoms with Gasteiger partial charge < -0.3 is 11.1 Å². The number of rotatable bonds is 4. The summed E-state index contributed by atoms with van der Waals surface area (Å²) in [6.45, 7) is 1.73. The van der Waals surface area contributed by atoms with Crippen molar-refractivity contribution in [1.82, 2.24) is 14.3 Å². The zero-order valence-electron chi connectivity index (χ0n) is 17.2. The van der Waals surface area contributed by atoms with Gasteiger partial charge in [-0.15, -0.1) is 0 Å². The number of carbonyl (C=O) groups is 1. The number of fused-ring (bicyclic) bond motifs is 1. The SMILES string of the molecule is Cc1ccc(-n2c3c(c(=O)[nH]c2=O)C(NS(=O)(=O)c2ccc(N)cc2)(C(F)(F)F)C(=O)N3)cc1. The fourth-order valence-corrected chi connectivity index (χ4v) is 4.92. The molecule has 0 radical (unpaired) electrons. The van der Waals surface area contributed by atoms with Crippen molar-refractivity contribution in [3.05, 3.63) is 80.5 Å². The number of carbonyl (C=O) groups excluding carboxylic acids is 1. The van der Waals surface area contributed by atoms with Crippen molar-refractivity contribution in [2.45, 2.75) is 23.5 Å². The van der Waals surface area contributed by atoms with Crippen molar-refractivity contribution >= 4 is 27.4 Å². The first-order chi connectivity index (χ1) is 15.8. The number of aryl methyl sites for hydroxylation is 1. The van der Waals surface area contributed by atoms with Gasteiger partial charge in [-0.1, -0.05) is 17.7 Å². The van der Waals surface area contributed by atoms with Crippen molar-refractivity contribution in [1.29, 1.82) is 0 Å². The van der Waals surface area contributed by atoms with Crippen molar-refractivity contribution in [2.24, 2.45) is 0 Å². The average molecular weight is 495 g/mol. The molecule has 1 aliphatic rings. The summed E-state index contributed by atoms with van der Waals surface area (Å²) in [6.07, 6.45) is -5.62. The molecule has 4 rings (SSSR count). The minimum atomic E-state index is -5.62. The van der Waals surface area contributed by atoms with Crippen LogP contribution >= 0.6 is 0 Å². The summed E-state index contributed by atoms with van der Waals surface area (Å²) in [5.41, 5.74) is -1.62. The molecule has 14 heteroatoms. The van der Waals surface area contributed by atoms with Crippen LogP contribution in [-0.4, -0.2) is 30.1 Å². The molecule has 1 aromatic heterocycles. The van der Waals surface area contributed by atoms with Gasteiger partial charge in [-0.05, 0) is 43.3 Å². The molecule has 34 heavy (non-hydrogen) atoms. The maximum Gasteiger partial charge on any atom is 0.421 e. The van der Waals surface area contributed by atoms with E-state index in [1.165, 1.54) is 16.9 Å². The van der Waals surface area contributed by atoms with Gasteiger partial charge >= 0.3 is 11.9 Å². The van der Waals surface area contributed by atoms with Crippen LogP contribution in [0.2, 0.25) is 0 Å².